The highest BCUT2D eigenvalue weighted by molar-refractivity contribution is 5.73. The molecule has 0 unspecified atom stereocenters. The Morgan fingerprint density at radius 2 is 1.69 bits per heavy atom. The number of carbonyl (C=O) groups is 1. The van der Waals surface area contributed by atoms with E-state index in [0.717, 1.165) is 0 Å². The molecule has 2 aromatic rings. The van der Waals surface area contributed by atoms with Crippen molar-refractivity contribution >= 4 is 11.6 Å². The Kier molecular flexibility index (Phi) is 7.82. The Morgan fingerprint density at radius 1 is 0.972 bits per heavy atom. The van der Waals surface area contributed by atoms with Crippen LogP contribution < -0.4 is 9.64 Å². The summed E-state index contributed by atoms with van der Waals surface area (Å²) in [6, 6.07) is 11.0. The molecule has 2 heterocycles. The summed E-state index contributed by atoms with van der Waals surface area (Å²) in [6.45, 7) is 5.59. The number of hydrogen-bond donors (Lipinski definition) is 2. The average Bonchev–Trinajstić information content (AvgIpc) is 2.99. The number of aliphatic hydroxyl groups is 2. The number of para-hydroxylation sites is 1. The molecule has 0 saturated carbocycles. The molecule has 196 valence electrons. The van der Waals surface area contributed by atoms with Gasteiger partial charge in [-0.2, -0.15) is 0 Å². The largest absolute Gasteiger partial charge is 0.490 e. The number of piperidine rings is 1. The highest BCUT2D eigenvalue weighted by Crippen LogP contribution is 2.30. The van der Waals surface area contributed by atoms with Crippen molar-refractivity contribution in [1.82, 2.24) is 9.80 Å². The first kappa shape index (κ1) is 26.3. The molecule has 2 fully saturated rings. The van der Waals surface area contributed by atoms with Crippen LogP contribution in [-0.4, -0.2) is 89.5 Å². The van der Waals surface area contributed by atoms with Gasteiger partial charge in [-0.15, -0.1) is 0 Å². The molecule has 2 saturated heterocycles. The second-order valence-corrected chi connectivity index (χ2v) is 10.2. The third kappa shape index (κ3) is 6.32. The quantitative estimate of drug-likeness (QED) is 0.631. The van der Waals surface area contributed by atoms with E-state index in [2.05, 4.69) is 0 Å². The van der Waals surface area contributed by atoms with Gasteiger partial charge in [0.05, 0.1) is 17.8 Å². The molecule has 1 atom stereocenters. The summed E-state index contributed by atoms with van der Waals surface area (Å²) in [5, 5.41) is 22.9. The van der Waals surface area contributed by atoms with Crippen LogP contribution in [0.3, 0.4) is 0 Å². The van der Waals surface area contributed by atoms with Crippen molar-refractivity contribution in [2.45, 2.75) is 37.9 Å². The van der Waals surface area contributed by atoms with Crippen LogP contribution in [0, 0.1) is 18.6 Å². The number of benzene rings is 2. The molecule has 2 aromatic carbocycles. The van der Waals surface area contributed by atoms with Gasteiger partial charge in [0.15, 0.2) is 0 Å². The molecule has 2 N–H and O–H groups in total. The lowest BCUT2D eigenvalue weighted by Gasteiger charge is -2.42. The van der Waals surface area contributed by atoms with Crippen molar-refractivity contribution in [2.75, 3.05) is 57.3 Å². The summed E-state index contributed by atoms with van der Waals surface area (Å²) in [6.07, 6.45) is 0.913. The van der Waals surface area contributed by atoms with Crippen LogP contribution in [0.1, 0.15) is 25.3 Å². The normalized spacial score (nSPS) is 22.8. The fourth-order valence-corrected chi connectivity index (χ4v) is 5.11. The van der Waals surface area contributed by atoms with Gasteiger partial charge in [0.25, 0.3) is 0 Å². The molecular formula is C27H35F2N3O4. The molecule has 4 rings (SSSR count). The molecule has 1 amide bonds. The van der Waals surface area contributed by atoms with E-state index in [1.54, 1.807) is 36.1 Å². The average molecular weight is 504 g/mol. The first-order valence-corrected chi connectivity index (χ1v) is 12.4. The maximum atomic E-state index is 14.2. The predicted molar refractivity (Wildman–Crippen MR) is 133 cm³/mol. The van der Waals surface area contributed by atoms with Crippen LogP contribution in [-0.2, 0) is 4.79 Å². The number of β-amino-alcohol motifs (C(OH)–C–C–N with tert-alkyl or cyclic N) is 2. The summed E-state index contributed by atoms with van der Waals surface area (Å²) < 4.78 is 33.6. The highest BCUT2D eigenvalue weighted by Gasteiger charge is 2.41. The number of halogens is 2. The van der Waals surface area contributed by atoms with Gasteiger partial charge in [0, 0.05) is 46.2 Å². The topological polar surface area (TPSA) is 76.5 Å². The monoisotopic (exact) mass is 503 g/mol. The van der Waals surface area contributed by atoms with E-state index < -0.39 is 11.2 Å². The predicted octanol–water partition coefficient (Wildman–Crippen LogP) is 2.58. The Balaban J connectivity index is 1.42. The first-order chi connectivity index (χ1) is 17.1. The van der Waals surface area contributed by atoms with Crippen LogP contribution in [0.2, 0.25) is 0 Å². The smallest absolute Gasteiger partial charge is 0.219 e. The van der Waals surface area contributed by atoms with Gasteiger partial charge in [-0.05, 0) is 55.7 Å². The lowest BCUT2D eigenvalue weighted by molar-refractivity contribution is -0.132. The zero-order valence-electron chi connectivity index (χ0n) is 20.9. The minimum atomic E-state index is -1.38. The van der Waals surface area contributed by atoms with Crippen LogP contribution >= 0.6 is 0 Å². The van der Waals surface area contributed by atoms with E-state index in [0.29, 0.717) is 62.6 Å². The van der Waals surface area contributed by atoms with Crippen LogP contribution in [0.25, 0.3) is 0 Å². The molecule has 0 radical (unpaired) electrons. The minimum Gasteiger partial charge on any atom is -0.490 e. The van der Waals surface area contributed by atoms with Gasteiger partial charge in [0.1, 0.15) is 29.6 Å². The fourth-order valence-electron chi connectivity index (χ4n) is 5.11. The van der Waals surface area contributed by atoms with Gasteiger partial charge >= 0.3 is 0 Å². The van der Waals surface area contributed by atoms with Crippen molar-refractivity contribution < 1.29 is 28.5 Å². The van der Waals surface area contributed by atoms with Crippen molar-refractivity contribution in [3.63, 3.8) is 0 Å². The molecule has 9 heteroatoms. The molecule has 0 spiro atoms. The number of anilines is 1. The van der Waals surface area contributed by atoms with E-state index in [1.807, 2.05) is 9.80 Å². The molecule has 7 nitrogen and oxygen atoms in total. The van der Waals surface area contributed by atoms with Gasteiger partial charge in [-0.25, -0.2) is 8.78 Å². The molecule has 0 bridgehead atoms. The Hall–Kier alpha value is -2.75. The molecule has 2 aliphatic rings. The number of hydrogen-bond acceptors (Lipinski definition) is 6. The molecule has 2 aliphatic heterocycles. The third-order valence-corrected chi connectivity index (χ3v) is 7.18. The number of nitrogens with zero attached hydrogens (tertiary/aromatic N) is 3. The maximum absolute atomic E-state index is 14.2. The van der Waals surface area contributed by atoms with E-state index in [4.69, 9.17) is 4.74 Å². The number of amides is 1. The molecule has 0 aliphatic carbocycles. The number of carbonyl (C=O) groups excluding carboxylic acids is 1. The summed E-state index contributed by atoms with van der Waals surface area (Å²) in [5.41, 5.74) is -1.40. The minimum absolute atomic E-state index is 0.0855. The summed E-state index contributed by atoms with van der Waals surface area (Å²) >= 11 is 0. The Morgan fingerprint density at radius 3 is 2.36 bits per heavy atom. The first-order valence-electron chi connectivity index (χ1n) is 12.4. The maximum Gasteiger partial charge on any atom is 0.219 e. The van der Waals surface area contributed by atoms with E-state index in [-0.39, 0.29) is 37.2 Å². The SMILES string of the molecule is CC(=O)N1CCN(CC2(O)CCN(c3ccccc3F)CC2)C[C@@](O)(COc2ccc(F)c(C)c2)C1. The Bertz CT molecular complexity index is 1080. The molecular weight excluding hydrogens is 468 g/mol. The van der Waals surface area contributed by atoms with Gasteiger partial charge in [-0.3, -0.25) is 9.69 Å². The van der Waals surface area contributed by atoms with Crippen molar-refractivity contribution in [1.29, 1.82) is 0 Å². The number of ether oxygens (including phenoxy) is 1. The van der Waals surface area contributed by atoms with Crippen LogP contribution in [0.5, 0.6) is 5.75 Å². The lowest BCUT2D eigenvalue weighted by atomic mass is 9.90. The van der Waals surface area contributed by atoms with Crippen molar-refractivity contribution in [3.8, 4) is 5.75 Å². The van der Waals surface area contributed by atoms with E-state index in [1.165, 1.54) is 25.1 Å². The van der Waals surface area contributed by atoms with E-state index in [9.17, 15) is 23.8 Å². The van der Waals surface area contributed by atoms with Crippen molar-refractivity contribution in [2.24, 2.45) is 0 Å². The molecule has 36 heavy (non-hydrogen) atoms. The molecule has 0 aromatic heterocycles. The fraction of sp³-hybridized carbons (Fsp3) is 0.519. The number of rotatable bonds is 6. The van der Waals surface area contributed by atoms with E-state index >= 15 is 0 Å². The lowest BCUT2D eigenvalue weighted by Crippen LogP contribution is -2.56. The highest BCUT2D eigenvalue weighted by atomic mass is 19.1. The Labute approximate surface area is 210 Å². The standard InChI is InChI=1S/C27H35F2N3O4/c1-20-15-22(7-8-23(20)28)36-19-27(35)17-30(13-14-32(18-27)21(2)33)16-26(34)9-11-31(12-10-26)25-6-4-3-5-24(25)29/h3-8,15,34-35H,9-14,16-19H2,1-2H3/t27-/m0/s1. The van der Waals surface area contributed by atoms with Crippen LogP contribution in [0.4, 0.5) is 14.5 Å². The summed E-state index contributed by atoms with van der Waals surface area (Å²) in [4.78, 5) is 17.7. The second-order valence-electron chi connectivity index (χ2n) is 10.2. The zero-order valence-corrected chi connectivity index (χ0v) is 20.9. The summed E-state index contributed by atoms with van der Waals surface area (Å²) in [5.74, 6) is -0.323. The van der Waals surface area contributed by atoms with Gasteiger partial charge < -0.3 is 24.7 Å². The third-order valence-electron chi connectivity index (χ3n) is 7.18. The zero-order chi connectivity index (χ0) is 25.9. The van der Waals surface area contributed by atoms with Crippen LogP contribution in [0.15, 0.2) is 42.5 Å². The second kappa shape index (κ2) is 10.7. The van der Waals surface area contributed by atoms with Gasteiger partial charge in [-0.1, -0.05) is 12.1 Å². The van der Waals surface area contributed by atoms with Crippen molar-refractivity contribution in [3.05, 3.63) is 59.7 Å². The van der Waals surface area contributed by atoms with Gasteiger partial charge in [0.2, 0.25) is 5.91 Å². The number of aryl methyl sites for hydroxylation is 1. The summed E-state index contributed by atoms with van der Waals surface area (Å²) in [7, 11) is 0.